The molecule has 176 valence electrons. The summed E-state index contributed by atoms with van der Waals surface area (Å²) in [6.07, 6.45) is -3.39. The van der Waals surface area contributed by atoms with E-state index >= 15 is 0 Å². The SMILES string of the molecule is CC(O)C(NC(=O)C(N)CC(=O)O)C(=O)NC(CCC(=O)O)C(=O)NC(CO)C(=O)O. The molecule has 0 aliphatic carbocycles. The van der Waals surface area contributed by atoms with Crippen molar-refractivity contribution in [3.05, 3.63) is 0 Å². The summed E-state index contributed by atoms with van der Waals surface area (Å²) >= 11 is 0. The number of hydrogen-bond acceptors (Lipinski definition) is 9. The summed E-state index contributed by atoms with van der Waals surface area (Å²) in [6.45, 7) is 0.125. The molecule has 15 heteroatoms. The number of carboxylic acids is 3. The molecule has 0 fully saturated rings. The third-order valence-electron chi connectivity index (χ3n) is 3.87. The van der Waals surface area contributed by atoms with E-state index in [4.69, 9.17) is 26.2 Å². The van der Waals surface area contributed by atoms with Gasteiger partial charge in [0.1, 0.15) is 18.1 Å². The zero-order valence-electron chi connectivity index (χ0n) is 16.5. The second kappa shape index (κ2) is 13.1. The molecule has 0 bridgehead atoms. The van der Waals surface area contributed by atoms with E-state index in [1.54, 1.807) is 0 Å². The van der Waals surface area contributed by atoms with Crippen molar-refractivity contribution in [3.63, 3.8) is 0 Å². The predicted molar refractivity (Wildman–Crippen MR) is 99.3 cm³/mol. The highest BCUT2D eigenvalue weighted by Gasteiger charge is 2.32. The smallest absolute Gasteiger partial charge is 0.328 e. The van der Waals surface area contributed by atoms with Gasteiger partial charge in [0.15, 0.2) is 0 Å². The quantitative estimate of drug-likeness (QED) is 0.121. The number of nitrogens with one attached hydrogen (secondary N) is 3. The molecule has 0 saturated carbocycles. The van der Waals surface area contributed by atoms with Gasteiger partial charge in [0, 0.05) is 6.42 Å². The Hall–Kier alpha value is -3.30. The number of aliphatic hydroxyl groups is 2. The van der Waals surface area contributed by atoms with Crippen LogP contribution in [0.3, 0.4) is 0 Å². The second-order valence-electron chi connectivity index (χ2n) is 6.51. The van der Waals surface area contributed by atoms with E-state index in [0.717, 1.165) is 6.92 Å². The Morgan fingerprint density at radius 3 is 1.81 bits per heavy atom. The van der Waals surface area contributed by atoms with Gasteiger partial charge in [-0.3, -0.25) is 24.0 Å². The molecule has 0 saturated heterocycles. The van der Waals surface area contributed by atoms with Crippen LogP contribution in [0.25, 0.3) is 0 Å². The minimum absolute atomic E-state index is 0.482. The molecule has 0 heterocycles. The van der Waals surface area contributed by atoms with E-state index in [2.05, 4.69) is 5.32 Å². The van der Waals surface area contributed by atoms with Crippen LogP contribution in [-0.2, 0) is 28.8 Å². The van der Waals surface area contributed by atoms with Gasteiger partial charge >= 0.3 is 17.9 Å². The van der Waals surface area contributed by atoms with Crippen LogP contribution in [-0.4, -0.2) is 98.0 Å². The van der Waals surface area contributed by atoms with Gasteiger partial charge in [-0.05, 0) is 13.3 Å². The van der Waals surface area contributed by atoms with E-state index in [1.165, 1.54) is 0 Å². The minimum Gasteiger partial charge on any atom is -0.481 e. The molecule has 10 N–H and O–H groups in total. The summed E-state index contributed by atoms with van der Waals surface area (Å²) in [5.41, 5.74) is 5.38. The lowest BCUT2D eigenvalue weighted by Crippen LogP contribution is -2.60. The molecule has 0 aromatic rings. The summed E-state index contributed by atoms with van der Waals surface area (Å²) < 4.78 is 0. The number of carbonyl (C=O) groups excluding carboxylic acids is 3. The van der Waals surface area contributed by atoms with E-state index in [9.17, 15) is 33.9 Å². The van der Waals surface area contributed by atoms with E-state index < -0.39 is 91.8 Å². The molecular formula is C16H26N4O11. The van der Waals surface area contributed by atoms with Crippen molar-refractivity contribution >= 4 is 35.6 Å². The molecule has 5 atom stereocenters. The zero-order chi connectivity index (χ0) is 24.3. The van der Waals surface area contributed by atoms with Crippen LogP contribution >= 0.6 is 0 Å². The van der Waals surface area contributed by atoms with Gasteiger partial charge < -0.3 is 47.2 Å². The number of nitrogens with two attached hydrogens (primary N) is 1. The van der Waals surface area contributed by atoms with Crippen molar-refractivity contribution in [2.45, 2.75) is 56.5 Å². The monoisotopic (exact) mass is 450 g/mol. The highest BCUT2D eigenvalue weighted by atomic mass is 16.4. The molecule has 0 aliphatic heterocycles. The molecular weight excluding hydrogens is 424 g/mol. The van der Waals surface area contributed by atoms with Crippen LogP contribution in [0.1, 0.15) is 26.2 Å². The topological polar surface area (TPSA) is 266 Å². The highest BCUT2D eigenvalue weighted by molar-refractivity contribution is 5.95. The lowest BCUT2D eigenvalue weighted by atomic mass is 10.1. The minimum atomic E-state index is -1.72. The summed E-state index contributed by atoms with van der Waals surface area (Å²) in [5.74, 6) is -7.66. The van der Waals surface area contributed by atoms with Gasteiger partial charge in [0.2, 0.25) is 17.7 Å². The summed E-state index contributed by atoms with van der Waals surface area (Å²) in [7, 11) is 0. The van der Waals surface area contributed by atoms with Crippen molar-refractivity contribution in [1.29, 1.82) is 0 Å². The molecule has 0 aromatic heterocycles. The summed E-state index contributed by atoms with van der Waals surface area (Å²) in [4.78, 5) is 69.1. The molecule has 5 unspecified atom stereocenters. The first-order valence-electron chi connectivity index (χ1n) is 8.92. The number of carboxylic acid groups (broad SMARTS) is 3. The van der Waals surface area contributed by atoms with Crippen LogP contribution in [0.2, 0.25) is 0 Å². The Kier molecular flexibility index (Phi) is 11.7. The number of aliphatic carboxylic acids is 3. The summed E-state index contributed by atoms with van der Waals surface area (Å²) in [6, 6.07) is -6.56. The maximum absolute atomic E-state index is 12.5. The Balaban J connectivity index is 5.41. The molecule has 0 aromatic carbocycles. The second-order valence-corrected chi connectivity index (χ2v) is 6.51. The van der Waals surface area contributed by atoms with Gasteiger partial charge in [-0.15, -0.1) is 0 Å². The normalized spacial score (nSPS) is 15.5. The predicted octanol–water partition coefficient (Wildman–Crippen LogP) is -4.43. The maximum Gasteiger partial charge on any atom is 0.328 e. The van der Waals surface area contributed by atoms with E-state index in [1.807, 2.05) is 10.6 Å². The fourth-order valence-corrected chi connectivity index (χ4v) is 2.20. The van der Waals surface area contributed by atoms with Gasteiger partial charge in [0.05, 0.1) is 25.2 Å². The average molecular weight is 450 g/mol. The van der Waals surface area contributed by atoms with Crippen molar-refractivity contribution in [3.8, 4) is 0 Å². The first-order valence-corrected chi connectivity index (χ1v) is 8.92. The maximum atomic E-state index is 12.5. The fraction of sp³-hybridized carbons (Fsp3) is 0.625. The molecule has 0 spiro atoms. The number of hydrogen-bond donors (Lipinski definition) is 9. The third-order valence-corrected chi connectivity index (χ3v) is 3.87. The Morgan fingerprint density at radius 2 is 1.39 bits per heavy atom. The molecule has 0 aliphatic rings. The van der Waals surface area contributed by atoms with Crippen molar-refractivity contribution in [1.82, 2.24) is 16.0 Å². The molecule has 31 heavy (non-hydrogen) atoms. The standard InChI is InChI=1S/C16H26N4O11/c1-6(22)12(20-13(27)7(17)4-11(25)26)15(29)18-8(2-3-10(23)24)14(28)19-9(5-21)16(30)31/h6-9,12,21-22H,2-5,17H2,1H3,(H,18,29)(H,19,28)(H,20,27)(H,23,24)(H,25,26)(H,30,31). The highest BCUT2D eigenvalue weighted by Crippen LogP contribution is 2.03. The van der Waals surface area contributed by atoms with Gasteiger partial charge in [-0.25, -0.2) is 4.79 Å². The van der Waals surface area contributed by atoms with Crippen LogP contribution in [0.4, 0.5) is 0 Å². The number of aliphatic hydroxyl groups excluding tert-OH is 2. The third kappa shape index (κ3) is 10.3. The van der Waals surface area contributed by atoms with Crippen molar-refractivity contribution in [2.75, 3.05) is 6.61 Å². The Labute approximate surface area is 175 Å². The zero-order valence-corrected chi connectivity index (χ0v) is 16.5. The molecule has 0 radical (unpaired) electrons. The van der Waals surface area contributed by atoms with Gasteiger partial charge in [0.25, 0.3) is 0 Å². The van der Waals surface area contributed by atoms with Crippen LogP contribution in [0.5, 0.6) is 0 Å². The average Bonchev–Trinajstić information content (AvgIpc) is 2.65. The lowest BCUT2D eigenvalue weighted by Gasteiger charge is -2.26. The summed E-state index contributed by atoms with van der Waals surface area (Å²) in [5, 5.41) is 51.2. The van der Waals surface area contributed by atoms with Crippen LogP contribution in [0, 0.1) is 0 Å². The molecule has 3 amide bonds. The van der Waals surface area contributed by atoms with Gasteiger partial charge in [-0.1, -0.05) is 0 Å². The van der Waals surface area contributed by atoms with Gasteiger partial charge in [-0.2, -0.15) is 0 Å². The number of amides is 3. The number of rotatable bonds is 14. The number of carbonyl (C=O) groups is 6. The van der Waals surface area contributed by atoms with E-state index in [-0.39, 0.29) is 0 Å². The molecule has 15 nitrogen and oxygen atoms in total. The first-order chi connectivity index (χ1) is 14.3. The fourth-order valence-electron chi connectivity index (χ4n) is 2.20. The Bertz CT molecular complexity index is 697. The van der Waals surface area contributed by atoms with Crippen LogP contribution in [0.15, 0.2) is 0 Å². The van der Waals surface area contributed by atoms with Crippen molar-refractivity contribution < 1.29 is 54.3 Å². The van der Waals surface area contributed by atoms with E-state index in [0.29, 0.717) is 0 Å². The van der Waals surface area contributed by atoms with Crippen LogP contribution < -0.4 is 21.7 Å². The molecule has 0 rings (SSSR count). The largest absolute Gasteiger partial charge is 0.481 e. The van der Waals surface area contributed by atoms with Crippen molar-refractivity contribution in [2.24, 2.45) is 5.73 Å². The lowest BCUT2D eigenvalue weighted by molar-refractivity contribution is -0.144. The first kappa shape index (κ1) is 27.7. The Morgan fingerprint density at radius 1 is 0.839 bits per heavy atom.